The lowest BCUT2D eigenvalue weighted by atomic mass is 10.0. The topological polar surface area (TPSA) is 51.6 Å². The van der Waals surface area contributed by atoms with E-state index in [1.54, 1.807) is 30.6 Å². The number of aliphatic hydroxyl groups is 1. The zero-order valence-corrected chi connectivity index (χ0v) is 12.6. The Hall–Kier alpha value is -1.49. The van der Waals surface area contributed by atoms with E-state index in [9.17, 15) is 5.11 Å². The summed E-state index contributed by atoms with van der Waals surface area (Å²) in [5, 5.41) is 11.4. The van der Waals surface area contributed by atoms with Crippen LogP contribution in [0.15, 0.2) is 30.6 Å². The van der Waals surface area contributed by atoms with Crippen molar-refractivity contribution in [1.82, 2.24) is 4.98 Å². The molecule has 1 aromatic carbocycles. The molecule has 0 saturated heterocycles. The number of nitrogens with zero attached hydrogens (tertiary/aromatic N) is 1. The molecule has 0 radical (unpaired) electrons. The maximum absolute atomic E-state index is 10.4. The van der Waals surface area contributed by atoms with E-state index in [0.29, 0.717) is 46.7 Å². The SMILES string of the molecule is OC(Cc1ccncc1Cl)c1cc(Cl)c2c(c1)OCCO2. The minimum Gasteiger partial charge on any atom is -0.486 e. The van der Waals surface area contributed by atoms with Gasteiger partial charge in [0.05, 0.1) is 16.1 Å². The van der Waals surface area contributed by atoms with Gasteiger partial charge in [-0.1, -0.05) is 23.2 Å². The quantitative estimate of drug-likeness (QED) is 0.939. The molecule has 6 heteroatoms. The largest absolute Gasteiger partial charge is 0.486 e. The molecule has 0 spiro atoms. The van der Waals surface area contributed by atoms with Gasteiger partial charge in [-0.15, -0.1) is 0 Å². The van der Waals surface area contributed by atoms with E-state index in [-0.39, 0.29) is 0 Å². The van der Waals surface area contributed by atoms with Crippen molar-refractivity contribution in [2.24, 2.45) is 0 Å². The summed E-state index contributed by atoms with van der Waals surface area (Å²) in [6.07, 6.45) is 2.83. The average molecular weight is 326 g/mol. The summed E-state index contributed by atoms with van der Waals surface area (Å²) in [6, 6.07) is 5.22. The van der Waals surface area contributed by atoms with E-state index in [0.717, 1.165) is 5.56 Å². The molecule has 1 atom stereocenters. The first-order valence-electron chi connectivity index (χ1n) is 6.50. The average Bonchev–Trinajstić information content (AvgIpc) is 2.49. The van der Waals surface area contributed by atoms with Crippen LogP contribution in [0, 0.1) is 0 Å². The van der Waals surface area contributed by atoms with Gasteiger partial charge in [0.2, 0.25) is 0 Å². The van der Waals surface area contributed by atoms with Crippen LogP contribution in [0.25, 0.3) is 0 Å². The van der Waals surface area contributed by atoms with Gasteiger partial charge in [-0.3, -0.25) is 4.98 Å². The summed E-state index contributed by atoms with van der Waals surface area (Å²) >= 11 is 12.2. The van der Waals surface area contributed by atoms with Gasteiger partial charge in [-0.25, -0.2) is 0 Å². The van der Waals surface area contributed by atoms with Crippen molar-refractivity contribution in [3.63, 3.8) is 0 Å². The minimum absolute atomic E-state index is 0.372. The summed E-state index contributed by atoms with van der Waals surface area (Å²) < 4.78 is 11.0. The van der Waals surface area contributed by atoms with Crippen molar-refractivity contribution < 1.29 is 14.6 Å². The second-order valence-corrected chi connectivity index (χ2v) is 5.53. The molecule has 110 valence electrons. The molecule has 0 saturated carbocycles. The van der Waals surface area contributed by atoms with Crippen LogP contribution in [0.5, 0.6) is 11.5 Å². The molecular formula is C15H13Cl2NO3. The highest BCUT2D eigenvalue weighted by Gasteiger charge is 2.20. The zero-order chi connectivity index (χ0) is 14.8. The molecule has 0 bridgehead atoms. The predicted octanol–water partition coefficient (Wildman–Crippen LogP) is 3.44. The van der Waals surface area contributed by atoms with Gasteiger partial charge in [0.25, 0.3) is 0 Å². The van der Waals surface area contributed by atoms with Gasteiger partial charge in [0, 0.05) is 18.8 Å². The molecule has 3 rings (SSSR count). The van der Waals surface area contributed by atoms with Crippen LogP contribution in [0.2, 0.25) is 10.0 Å². The number of pyridine rings is 1. The van der Waals surface area contributed by atoms with Crippen LogP contribution in [-0.4, -0.2) is 23.3 Å². The lowest BCUT2D eigenvalue weighted by Gasteiger charge is -2.21. The van der Waals surface area contributed by atoms with Crippen molar-refractivity contribution >= 4 is 23.2 Å². The summed E-state index contributed by atoms with van der Waals surface area (Å²) in [7, 11) is 0. The lowest BCUT2D eigenvalue weighted by Crippen LogP contribution is -2.16. The predicted molar refractivity (Wildman–Crippen MR) is 80.4 cm³/mol. The van der Waals surface area contributed by atoms with Gasteiger partial charge in [0.1, 0.15) is 13.2 Å². The van der Waals surface area contributed by atoms with E-state index in [4.69, 9.17) is 32.7 Å². The number of hydrogen-bond donors (Lipinski definition) is 1. The molecule has 1 N–H and O–H groups in total. The van der Waals surface area contributed by atoms with Crippen molar-refractivity contribution in [1.29, 1.82) is 0 Å². The van der Waals surface area contributed by atoms with Crippen LogP contribution in [0.3, 0.4) is 0 Å². The highest BCUT2D eigenvalue weighted by atomic mass is 35.5. The molecule has 2 aromatic rings. The fourth-order valence-electron chi connectivity index (χ4n) is 2.22. The third-order valence-electron chi connectivity index (χ3n) is 3.27. The van der Waals surface area contributed by atoms with Crippen molar-refractivity contribution in [3.05, 3.63) is 51.8 Å². The number of rotatable bonds is 3. The smallest absolute Gasteiger partial charge is 0.179 e. The molecule has 1 unspecified atom stereocenters. The normalized spacial score (nSPS) is 14.8. The van der Waals surface area contributed by atoms with E-state index in [1.165, 1.54) is 0 Å². The molecule has 21 heavy (non-hydrogen) atoms. The Balaban J connectivity index is 1.86. The van der Waals surface area contributed by atoms with Crippen LogP contribution in [0.4, 0.5) is 0 Å². The number of ether oxygens (including phenoxy) is 2. The maximum Gasteiger partial charge on any atom is 0.179 e. The highest BCUT2D eigenvalue weighted by molar-refractivity contribution is 6.32. The minimum atomic E-state index is -0.738. The van der Waals surface area contributed by atoms with Crippen LogP contribution < -0.4 is 9.47 Å². The number of aliphatic hydroxyl groups excluding tert-OH is 1. The first-order chi connectivity index (χ1) is 10.1. The Morgan fingerprint density at radius 1 is 1.19 bits per heavy atom. The first-order valence-corrected chi connectivity index (χ1v) is 7.26. The fraction of sp³-hybridized carbons (Fsp3) is 0.267. The second kappa shape index (κ2) is 6.10. The molecule has 0 amide bonds. The van der Waals surface area contributed by atoms with Gasteiger partial charge >= 0.3 is 0 Å². The molecule has 4 nitrogen and oxygen atoms in total. The van der Waals surface area contributed by atoms with Crippen LogP contribution in [-0.2, 0) is 6.42 Å². The lowest BCUT2D eigenvalue weighted by molar-refractivity contribution is 0.164. The Labute approximate surface area is 132 Å². The zero-order valence-electron chi connectivity index (χ0n) is 11.1. The Morgan fingerprint density at radius 3 is 2.81 bits per heavy atom. The molecule has 1 aliphatic rings. The summed E-state index contributed by atoms with van der Waals surface area (Å²) in [6.45, 7) is 0.945. The Kier molecular flexibility index (Phi) is 4.19. The van der Waals surface area contributed by atoms with E-state index in [1.807, 2.05) is 0 Å². The summed E-state index contributed by atoms with van der Waals surface area (Å²) in [5.41, 5.74) is 1.49. The first kappa shape index (κ1) is 14.4. The van der Waals surface area contributed by atoms with Gasteiger partial charge in [-0.05, 0) is 29.3 Å². The molecular weight excluding hydrogens is 313 g/mol. The molecule has 2 heterocycles. The number of hydrogen-bond acceptors (Lipinski definition) is 4. The molecule has 1 aromatic heterocycles. The van der Waals surface area contributed by atoms with Gasteiger partial charge in [0.15, 0.2) is 11.5 Å². The Morgan fingerprint density at radius 2 is 2.00 bits per heavy atom. The third-order valence-corrected chi connectivity index (χ3v) is 3.89. The van der Waals surface area contributed by atoms with Gasteiger partial charge in [-0.2, -0.15) is 0 Å². The summed E-state index contributed by atoms with van der Waals surface area (Å²) in [4.78, 5) is 3.93. The van der Waals surface area contributed by atoms with Crippen molar-refractivity contribution in [2.45, 2.75) is 12.5 Å². The number of benzene rings is 1. The van der Waals surface area contributed by atoms with Gasteiger partial charge < -0.3 is 14.6 Å². The van der Waals surface area contributed by atoms with Crippen LogP contribution >= 0.6 is 23.2 Å². The van der Waals surface area contributed by atoms with Crippen molar-refractivity contribution in [2.75, 3.05) is 13.2 Å². The standard InChI is InChI=1S/C15H13Cl2NO3/c16-11-5-10(7-14-15(11)21-4-3-20-14)13(19)6-9-1-2-18-8-12(9)17/h1-2,5,7-8,13,19H,3-4,6H2. The molecule has 1 aliphatic heterocycles. The van der Waals surface area contributed by atoms with E-state index in [2.05, 4.69) is 4.98 Å². The second-order valence-electron chi connectivity index (χ2n) is 4.71. The maximum atomic E-state index is 10.4. The van der Waals surface area contributed by atoms with E-state index >= 15 is 0 Å². The monoisotopic (exact) mass is 325 g/mol. The summed E-state index contributed by atoms with van der Waals surface area (Å²) in [5.74, 6) is 1.09. The number of fused-ring (bicyclic) bond motifs is 1. The molecule has 0 aliphatic carbocycles. The number of halogens is 2. The third kappa shape index (κ3) is 3.07. The number of aromatic nitrogens is 1. The Bertz CT molecular complexity index is 663. The van der Waals surface area contributed by atoms with Crippen molar-refractivity contribution in [3.8, 4) is 11.5 Å². The fourth-order valence-corrected chi connectivity index (χ4v) is 2.69. The van der Waals surface area contributed by atoms with Crippen LogP contribution in [0.1, 0.15) is 17.2 Å². The highest BCUT2D eigenvalue weighted by Crippen LogP contribution is 2.40. The van der Waals surface area contributed by atoms with E-state index < -0.39 is 6.10 Å². The molecule has 0 fully saturated rings.